The van der Waals surface area contributed by atoms with Crippen LogP contribution in [0.25, 0.3) is 22.2 Å². The van der Waals surface area contributed by atoms with Crippen LogP contribution in [-0.4, -0.2) is 76.9 Å². The van der Waals surface area contributed by atoms with E-state index in [-0.39, 0.29) is 24.0 Å². The molecule has 206 valence electrons. The lowest BCUT2D eigenvalue weighted by molar-refractivity contribution is -0.134. The summed E-state index contributed by atoms with van der Waals surface area (Å²) in [6.45, 7) is 6.83. The monoisotopic (exact) mass is 532 g/mol. The number of amides is 1. The Balaban J connectivity index is 1.15. The molecule has 4 aromatic rings. The van der Waals surface area contributed by atoms with Crippen molar-refractivity contribution in [1.82, 2.24) is 34.0 Å². The first-order valence-corrected chi connectivity index (χ1v) is 13.8. The zero-order valence-electron chi connectivity index (χ0n) is 22.6. The second-order valence-electron chi connectivity index (χ2n) is 11.3. The molecule has 5 heterocycles. The highest BCUT2D eigenvalue weighted by atomic mass is 16.5. The number of ether oxygens (including phenoxy) is 1. The molecule has 0 saturated carbocycles. The number of benzene rings is 1. The number of fused-ring (bicyclic) bond motifs is 2. The summed E-state index contributed by atoms with van der Waals surface area (Å²) >= 11 is 0. The second kappa shape index (κ2) is 9.87. The summed E-state index contributed by atoms with van der Waals surface area (Å²) in [6.07, 6.45) is 6.48. The molecule has 2 saturated heterocycles. The van der Waals surface area contributed by atoms with E-state index in [0.29, 0.717) is 55.9 Å². The molecule has 39 heavy (non-hydrogen) atoms. The normalized spacial score (nSPS) is 23.5. The maximum absolute atomic E-state index is 13.2. The van der Waals surface area contributed by atoms with Crippen LogP contribution in [0, 0.1) is 5.41 Å². The summed E-state index contributed by atoms with van der Waals surface area (Å²) in [4.78, 5) is 32.9. The second-order valence-corrected chi connectivity index (χ2v) is 11.3. The van der Waals surface area contributed by atoms with Gasteiger partial charge in [0.2, 0.25) is 5.91 Å². The minimum absolute atomic E-state index is 0.158. The first-order valence-electron chi connectivity index (χ1n) is 13.8. The van der Waals surface area contributed by atoms with Gasteiger partial charge in [-0.25, -0.2) is 19.9 Å². The van der Waals surface area contributed by atoms with Crippen molar-refractivity contribution in [3.8, 4) is 0 Å². The van der Waals surface area contributed by atoms with Crippen LogP contribution in [0.15, 0.2) is 36.9 Å². The third-order valence-corrected chi connectivity index (χ3v) is 8.66. The van der Waals surface area contributed by atoms with Crippen molar-refractivity contribution in [3.05, 3.63) is 42.7 Å². The van der Waals surface area contributed by atoms with Crippen LogP contribution >= 0.6 is 0 Å². The number of nitrogens with two attached hydrogens (primary N) is 1. The molecule has 6 rings (SSSR count). The van der Waals surface area contributed by atoms with Gasteiger partial charge in [0, 0.05) is 32.5 Å². The summed E-state index contributed by atoms with van der Waals surface area (Å²) < 4.78 is 10.2. The molecule has 2 fully saturated rings. The van der Waals surface area contributed by atoms with Gasteiger partial charge in [0.25, 0.3) is 0 Å². The molecule has 0 radical (unpaired) electrons. The molecule has 0 unspecified atom stereocenters. The number of nitrogens with zero attached hydrogens (tertiary/aromatic N) is 7. The molecular weight excluding hydrogens is 496 g/mol. The predicted molar refractivity (Wildman–Crippen MR) is 147 cm³/mol. The van der Waals surface area contributed by atoms with Gasteiger partial charge in [0.15, 0.2) is 11.5 Å². The molecule has 11 nitrogen and oxygen atoms in total. The predicted octanol–water partition coefficient (Wildman–Crippen LogP) is 2.73. The van der Waals surface area contributed by atoms with Crippen molar-refractivity contribution in [3.63, 3.8) is 0 Å². The van der Waals surface area contributed by atoms with Gasteiger partial charge >= 0.3 is 0 Å². The van der Waals surface area contributed by atoms with Crippen molar-refractivity contribution in [1.29, 1.82) is 0 Å². The summed E-state index contributed by atoms with van der Waals surface area (Å²) in [5, 5.41) is 11.4. The van der Waals surface area contributed by atoms with Crippen molar-refractivity contribution < 1.29 is 14.6 Å². The first-order chi connectivity index (χ1) is 18.8. The molecule has 1 amide bonds. The number of carbonyl (C=O) groups excluding carboxylic acids is 1. The molecule has 2 aliphatic rings. The van der Waals surface area contributed by atoms with Crippen LogP contribution in [0.5, 0.6) is 0 Å². The lowest BCUT2D eigenvalue weighted by atomic mass is 9.72. The lowest BCUT2D eigenvalue weighted by Gasteiger charge is -2.43. The fraction of sp³-hybridized carbons (Fsp3) is 0.536. The summed E-state index contributed by atoms with van der Waals surface area (Å²) in [7, 11) is 0. The molecule has 2 aliphatic heterocycles. The zero-order valence-corrected chi connectivity index (χ0v) is 22.6. The minimum Gasteiger partial charge on any atom is -0.386 e. The fourth-order valence-electron chi connectivity index (χ4n) is 6.38. The molecule has 1 spiro atoms. The van der Waals surface area contributed by atoms with Gasteiger partial charge < -0.3 is 29.6 Å². The Bertz CT molecular complexity index is 1500. The van der Waals surface area contributed by atoms with E-state index in [1.807, 2.05) is 27.7 Å². The quantitative estimate of drug-likeness (QED) is 0.400. The van der Waals surface area contributed by atoms with E-state index in [1.54, 1.807) is 13.3 Å². The number of hydrogen-bond acceptors (Lipinski definition) is 8. The van der Waals surface area contributed by atoms with E-state index in [4.69, 9.17) is 15.5 Å². The molecule has 3 aromatic heterocycles. The molecule has 2 atom stereocenters. The maximum Gasteiger partial charge on any atom is 0.223 e. The number of para-hydroxylation sites is 2. The third kappa shape index (κ3) is 4.63. The largest absolute Gasteiger partial charge is 0.386 e. The van der Waals surface area contributed by atoms with Gasteiger partial charge in [-0.3, -0.25) is 4.79 Å². The highest BCUT2D eigenvalue weighted by Crippen LogP contribution is 2.46. The highest BCUT2D eigenvalue weighted by molar-refractivity contribution is 5.81. The van der Waals surface area contributed by atoms with Crippen molar-refractivity contribution >= 4 is 33.9 Å². The smallest absolute Gasteiger partial charge is 0.223 e. The van der Waals surface area contributed by atoms with E-state index >= 15 is 0 Å². The Morgan fingerprint density at radius 3 is 2.77 bits per heavy atom. The Morgan fingerprint density at radius 2 is 1.97 bits per heavy atom. The summed E-state index contributed by atoms with van der Waals surface area (Å²) in [6, 6.07) is 7.81. The van der Waals surface area contributed by atoms with Crippen molar-refractivity contribution in [2.24, 2.45) is 5.41 Å². The molecule has 0 bridgehead atoms. The van der Waals surface area contributed by atoms with Crippen LogP contribution in [0.3, 0.4) is 0 Å². The molecule has 3 N–H and O–H groups in total. The van der Waals surface area contributed by atoms with Gasteiger partial charge in [-0.15, -0.1) is 0 Å². The van der Waals surface area contributed by atoms with Gasteiger partial charge in [-0.2, -0.15) is 0 Å². The molecular formula is C28H36N8O3. The van der Waals surface area contributed by atoms with Crippen molar-refractivity contribution in [2.45, 2.75) is 64.1 Å². The molecule has 11 heteroatoms. The van der Waals surface area contributed by atoms with Crippen LogP contribution in [0.2, 0.25) is 0 Å². The van der Waals surface area contributed by atoms with Crippen LogP contribution in [-0.2, 0) is 22.5 Å². The van der Waals surface area contributed by atoms with Crippen LogP contribution in [0.4, 0.5) is 5.82 Å². The Labute approximate surface area is 227 Å². The third-order valence-electron chi connectivity index (χ3n) is 8.66. The number of aliphatic hydroxyl groups is 1. The average Bonchev–Trinajstić information content (AvgIpc) is 3.49. The topological polar surface area (TPSA) is 137 Å². The fourth-order valence-corrected chi connectivity index (χ4v) is 6.38. The number of aryl methyl sites for hydroxylation is 2. The summed E-state index contributed by atoms with van der Waals surface area (Å²) in [5.74, 6) is 1.43. The Kier molecular flexibility index (Phi) is 6.50. The zero-order chi connectivity index (χ0) is 27.2. The standard InChI is InChI=1S/C28H36N8O3/c1-3-35-20-7-5-4-6-19(20)33-22(35)8-9-23(37)34-12-10-28(11-13-34)14-21(27(2,38)15-39-16-28)36-18-32-24-25(29)30-17-31-26(24)36/h4-7,17-18,21,38H,3,8-16H2,1-2H3,(H2,29,30,31)/t21-,27-/m1/s1. The Hall–Kier alpha value is -3.57. The minimum atomic E-state index is -1.12. The highest BCUT2D eigenvalue weighted by Gasteiger charge is 2.47. The maximum atomic E-state index is 13.2. The number of anilines is 1. The number of carbonyl (C=O) groups is 1. The van der Waals surface area contributed by atoms with E-state index in [0.717, 1.165) is 36.2 Å². The average molecular weight is 533 g/mol. The van der Waals surface area contributed by atoms with Gasteiger partial charge in [0.1, 0.15) is 23.3 Å². The van der Waals surface area contributed by atoms with Crippen LogP contribution < -0.4 is 5.73 Å². The number of nitrogen functional groups attached to an aromatic ring is 1. The SMILES string of the molecule is CCn1c(CCC(=O)N2CCC3(CC2)COC[C@@](C)(O)[C@H](n2cnc4c(N)ncnc42)C3)nc2ccccc21. The number of imidazole rings is 2. The first kappa shape index (κ1) is 25.7. The van der Waals surface area contributed by atoms with E-state index in [9.17, 15) is 9.90 Å². The van der Waals surface area contributed by atoms with Crippen molar-refractivity contribution in [2.75, 3.05) is 32.0 Å². The summed E-state index contributed by atoms with van der Waals surface area (Å²) in [5.41, 5.74) is 7.97. The number of aromatic nitrogens is 6. The number of piperidine rings is 1. The molecule has 1 aromatic carbocycles. The van der Waals surface area contributed by atoms with E-state index < -0.39 is 5.60 Å². The number of hydrogen-bond donors (Lipinski definition) is 2. The van der Waals surface area contributed by atoms with Crippen LogP contribution in [0.1, 0.15) is 51.4 Å². The number of rotatable bonds is 5. The van der Waals surface area contributed by atoms with Gasteiger partial charge in [-0.1, -0.05) is 12.1 Å². The molecule has 0 aliphatic carbocycles. The van der Waals surface area contributed by atoms with E-state index in [1.165, 1.54) is 6.33 Å². The van der Waals surface area contributed by atoms with E-state index in [2.05, 4.69) is 32.5 Å². The van der Waals surface area contributed by atoms with Gasteiger partial charge in [0.05, 0.1) is 36.6 Å². The van der Waals surface area contributed by atoms with Gasteiger partial charge in [-0.05, 0) is 50.7 Å². The Morgan fingerprint density at radius 1 is 1.18 bits per heavy atom. The number of likely N-dealkylation sites (tertiary alicyclic amines) is 1. The lowest BCUT2D eigenvalue weighted by Crippen LogP contribution is -2.46.